The van der Waals surface area contributed by atoms with Crippen molar-refractivity contribution < 1.29 is 14.3 Å². The predicted molar refractivity (Wildman–Crippen MR) is 101 cm³/mol. The smallest absolute Gasteiger partial charge is 0.344 e. The fourth-order valence-electron chi connectivity index (χ4n) is 5.81. The van der Waals surface area contributed by atoms with Gasteiger partial charge in [0.15, 0.2) is 6.61 Å². The van der Waals surface area contributed by atoms with Gasteiger partial charge in [0, 0.05) is 11.1 Å². The van der Waals surface area contributed by atoms with Crippen LogP contribution in [0.3, 0.4) is 0 Å². The molecule has 3 aliphatic rings. The number of fused-ring (bicyclic) bond motifs is 5. The highest BCUT2D eigenvalue weighted by Gasteiger charge is 2.52. The Bertz CT molecular complexity index is 728. The molecule has 1 aromatic rings. The van der Waals surface area contributed by atoms with E-state index in [1.165, 1.54) is 30.4 Å². The van der Waals surface area contributed by atoms with Gasteiger partial charge in [-0.3, -0.25) is 0 Å². The average Bonchev–Trinajstić information content (AvgIpc) is 2.95. The number of carbonyl (C=O) groups is 1. The summed E-state index contributed by atoms with van der Waals surface area (Å²) in [6, 6.07) is 6.34. The lowest BCUT2D eigenvalue weighted by Gasteiger charge is -2.49. The van der Waals surface area contributed by atoms with Crippen molar-refractivity contribution in [2.45, 2.75) is 58.3 Å². The zero-order chi connectivity index (χ0) is 18.3. The molecule has 0 bridgehead atoms. The maximum Gasteiger partial charge on any atom is 0.344 e. The van der Waals surface area contributed by atoms with Gasteiger partial charge in [-0.1, -0.05) is 13.0 Å². The Morgan fingerprint density at radius 2 is 2.12 bits per heavy atom. The zero-order valence-electron chi connectivity index (χ0n) is 15.8. The first kappa shape index (κ1) is 17.6. The number of nitrogens with one attached hydrogen (secondary N) is 1. The summed E-state index contributed by atoms with van der Waals surface area (Å²) in [6.45, 7) is 4.49. The SMILES string of the molecule is CCOC(=O)COc1ccc2c(c1)CCC1C2CC[C@]2(C)C(=N)CCC12. The maximum atomic E-state index is 11.5. The molecule has 0 saturated heterocycles. The molecule has 3 aliphatic carbocycles. The Morgan fingerprint density at radius 1 is 1.27 bits per heavy atom. The Hall–Kier alpha value is -1.84. The fourth-order valence-corrected chi connectivity index (χ4v) is 5.81. The Kier molecular flexibility index (Phi) is 4.54. The lowest BCUT2D eigenvalue weighted by atomic mass is 9.55. The average molecular weight is 355 g/mol. The fraction of sp³-hybridized carbons (Fsp3) is 0.636. The minimum absolute atomic E-state index is 0.0266. The van der Waals surface area contributed by atoms with Crippen LogP contribution < -0.4 is 4.74 Å². The van der Waals surface area contributed by atoms with Crippen LogP contribution in [0.2, 0.25) is 0 Å². The van der Waals surface area contributed by atoms with E-state index in [1.807, 2.05) is 6.07 Å². The molecule has 4 atom stereocenters. The molecule has 2 saturated carbocycles. The molecule has 0 radical (unpaired) electrons. The van der Waals surface area contributed by atoms with E-state index >= 15 is 0 Å². The number of hydrogen-bond acceptors (Lipinski definition) is 4. The largest absolute Gasteiger partial charge is 0.482 e. The van der Waals surface area contributed by atoms with Crippen LogP contribution in [-0.2, 0) is 16.0 Å². The summed E-state index contributed by atoms with van der Waals surface area (Å²) in [5, 5.41) is 8.41. The first-order valence-corrected chi connectivity index (χ1v) is 10.0. The number of carbonyl (C=O) groups excluding carboxylic acids is 1. The number of ether oxygens (including phenoxy) is 2. The van der Waals surface area contributed by atoms with Crippen molar-refractivity contribution in [3.63, 3.8) is 0 Å². The molecule has 2 fully saturated rings. The first-order chi connectivity index (χ1) is 12.5. The summed E-state index contributed by atoms with van der Waals surface area (Å²) in [7, 11) is 0. The highest BCUT2D eigenvalue weighted by molar-refractivity contribution is 5.89. The van der Waals surface area contributed by atoms with Crippen molar-refractivity contribution in [2.75, 3.05) is 13.2 Å². The predicted octanol–water partition coefficient (Wildman–Crippen LogP) is 4.50. The monoisotopic (exact) mass is 355 g/mol. The van der Waals surface area contributed by atoms with Gasteiger partial charge in [0.2, 0.25) is 0 Å². The van der Waals surface area contributed by atoms with Gasteiger partial charge in [0.05, 0.1) is 6.61 Å². The molecule has 1 N–H and O–H groups in total. The third kappa shape index (κ3) is 2.83. The lowest BCUT2D eigenvalue weighted by Crippen LogP contribution is -2.42. The summed E-state index contributed by atoms with van der Waals surface area (Å²) in [5.74, 6) is 2.47. The highest BCUT2D eigenvalue weighted by Crippen LogP contribution is 2.59. The van der Waals surface area contributed by atoms with Crippen molar-refractivity contribution in [3.05, 3.63) is 29.3 Å². The van der Waals surface area contributed by atoms with Gasteiger partial charge in [-0.25, -0.2) is 4.79 Å². The number of hydrogen-bond donors (Lipinski definition) is 1. The van der Waals surface area contributed by atoms with Crippen LogP contribution in [0, 0.1) is 22.7 Å². The standard InChI is InChI=1S/C22H29NO3/c1-3-25-21(24)13-26-15-5-7-16-14(12-15)4-6-18-17(16)10-11-22(2)19(18)8-9-20(22)23/h5,7,12,17-19,23H,3-4,6,8-11,13H2,1-2H3/t17?,18?,19?,22-/m0/s1. The minimum atomic E-state index is -0.319. The van der Waals surface area contributed by atoms with Gasteiger partial charge < -0.3 is 14.9 Å². The molecule has 0 heterocycles. The van der Waals surface area contributed by atoms with E-state index in [9.17, 15) is 4.79 Å². The molecule has 4 rings (SSSR count). The summed E-state index contributed by atoms with van der Waals surface area (Å²) >= 11 is 0. The topological polar surface area (TPSA) is 59.4 Å². The Balaban J connectivity index is 1.51. The third-order valence-electron chi connectivity index (χ3n) is 7.14. The van der Waals surface area contributed by atoms with Crippen molar-refractivity contribution in [1.82, 2.24) is 0 Å². The molecular weight excluding hydrogens is 326 g/mol. The lowest BCUT2D eigenvalue weighted by molar-refractivity contribution is -0.145. The molecule has 26 heavy (non-hydrogen) atoms. The first-order valence-electron chi connectivity index (χ1n) is 10.0. The maximum absolute atomic E-state index is 11.5. The number of rotatable bonds is 4. The van der Waals surface area contributed by atoms with Crippen LogP contribution >= 0.6 is 0 Å². The van der Waals surface area contributed by atoms with E-state index in [1.54, 1.807) is 6.92 Å². The molecule has 0 spiro atoms. The highest BCUT2D eigenvalue weighted by atomic mass is 16.6. The minimum Gasteiger partial charge on any atom is -0.482 e. The van der Waals surface area contributed by atoms with E-state index in [4.69, 9.17) is 14.9 Å². The van der Waals surface area contributed by atoms with Gasteiger partial charge in [-0.15, -0.1) is 0 Å². The van der Waals surface area contributed by atoms with Crippen LogP contribution in [0.15, 0.2) is 18.2 Å². The number of aryl methyl sites for hydroxylation is 1. The quantitative estimate of drug-likeness (QED) is 0.809. The van der Waals surface area contributed by atoms with Crippen LogP contribution in [0.5, 0.6) is 5.75 Å². The van der Waals surface area contributed by atoms with Crippen molar-refractivity contribution in [2.24, 2.45) is 17.3 Å². The molecular formula is C22H29NO3. The van der Waals surface area contributed by atoms with Crippen LogP contribution in [0.25, 0.3) is 0 Å². The molecule has 4 nitrogen and oxygen atoms in total. The van der Waals surface area contributed by atoms with Gasteiger partial charge in [0.25, 0.3) is 0 Å². The normalized spacial score (nSPS) is 32.4. The molecule has 140 valence electrons. The summed E-state index contributed by atoms with van der Waals surface area (Å²) in [6.07, 6.45) is 6.83. The summed E-state index contributed by atoms with van der Waals surface area (Å²) in [5.41, 5.74) is 4.01. The van der Waals surface area contributed by atoms with Gasteiger partial charge in [-0.05, 0) is 86.5 Å². The van der Waals surface area contributed by atoms with Crippen LogP contribution in [0.1, 0.15) is 63.0 Å². The second-order valence-corrected chi connectivity index (χ2v) is 8.34. The molecule has 0 aromatic heterocycles. The summed E-state index contributed by atoms with van der Waals surface area (Å²) < 4.78 is 10.5. The van der Waals surface area contributed by atoms with Crippen LogP contribution in [0.4, 0.5) is 0 Å². The molecule has 0 amide bonds. The second kappa shape index (κ2) is 6.71. The van der Waals surface area contributed by atoms with Crippen molar-refractivity contribution in [1.29, 1.82) is 5.41 Å². The Labute approximate surface area is 155 Å². The third-order valence-corrected chi connectivity index (χ3v) is 7.14. The van der Waals surface area contributed by atoms with E-state index in [0.29, 0.717) is 18.4 Å². The van der Waals surface area contributed by atoms with Gasteiger partial charge in [-0.2, -0.15) is 0 Å². The molecule has 1 aromatic carbocycles. The number of benzene rings is 1. The summed E-state index contributed by atoms with van der Waals surface area (Å²) in [4.78, 5) is 11.5. The molecule has 3 unspecified atom stereocenters. The van der Waals surface area contributed by atoms with E-state index in [-0.39, 0.29) is 18.0 Å². The van der Waals surface area contributed by atoms with E-state index in [2.05, 4.69) is 19.1 Å². The van der Waals surface area contributed by atoms with E-state index in [0.717, 1.165) is 36.6 Å². The molecule has 0 aliphatic heterocycles. The molecule has 4 heteroatoms. The number of esters is 1. The van der Waals surface area contributed by atoms with Gasteiger partial charge in [0.1, 0.15) is 5.75 Å². The Morgan fingerprint density at radius 3 is 2.92 bits per heavy atom. The van der Waals surface area contributed by atoms with Gasteiger partial charge >= 0.3 is 5.97 Å². The van der Waals surface area contributed by atoms with Crippen molar-refractivity contribution >= 4 is 11.7 Å². The second-order valence-electron chi connectivity index (χ2n) is 8.34. The van der Waals surface area contributed by atoms with Crippen LogP contribution in [-0.4, -0.2) is 24.9 Å². The van der Waals surface area contributed by atoms with E-state index < -0.39 is 0 Å². The zero-order valence-corrected chi connectivity index (χ0v) is 15.8. The van der Waals surface area contributed by atoms with Crippen molar-refractivity contribution in [3.8, 4) is 5.75 Å².